The minimum Gasteiger partial charge on any atom is -0.356 e. The third kappa shape index (κ3) is 3.92. The molecule has 8 heteroatoms. The summed E-state index contributed by atoms with van der Waals surface area (Å²) >= 11 is 0. The lowest BCUT2D eigenvalue weighted by Gasteiger charge is -2.35. The molecule has 2 aliphatic heterocycles. The number of hydrogen-bond acceptors (Lipinski definition) is 6. The van der Waals surface area contributed by atoms with Crippen molar-refractivity contribution in [3.8, 4) is 0 Å². The Bertz CT molecular complexity index is 650. The molecule has 3 rings (SSSR count). The van der Waals surface area contributed by atoms with Gasteiger partial charge in [-0.15, -0.1) is 0 Å². The molecule has 0 radical (unpaired) electrons. The van der Waals surface area contributed by atoms with Crippen molar-refractivity contribution in [2.75, 3.05) is 55.3 Å². The van der Waals surface area contributed by atoms with Crippen molar-refractivity contribution < 1.29 is 8.42 Å². The first-order valence-corrected chi connectivity index (χ1v) is 10.1. The van der Waals surface area contributed by atoms with Crippen LogP contribution in [0, 0.1) is 6.92 Å². The monoisotopic (exact) mass is 339 g/mol. The number of anilines is 2. The third-order valence-electron chi connectivity index (χ3n) is 4.52. The van der Waals surface area contributed by atoms with E-state index in [9.17, 15) is 8.42 Å². The maximum absolute atomic E-state index is 11.6. The number of rotatable bonds is 3. The second-order valence-electron chi connectivity index (χ2n) is 6.33. The summed E-state index contributed by atoms with van der Waals surface area (Å²) in [6.07, 6.45) is 4.99. The Labute approximate surface area is 138 Å². The van der Waals surface area contributed by atoms with E-state index < -0.39 is 10.0 Å². The topological polar surface area (TPSA) is 69.6 Å². The van der Waals surface area contributed by atoms with Gasteiger partial charge in [0, 0.05) is 45.3 Å². The van der Waals surface area contributed by atoms with Crippen molar-refractivity contribution in [1.29, 1.82) is 0 Å². The molecule has 0 aromatic carbocycles. The summed E-state index contributed by atoms with van der Waals surface area (Å²) in [6, 6.07) is 2.05. The summed E-state index contributed by atoms with van der Waals surface area (Å²) in [7, 11) is -3.10. The maximum Gasteiger partial charge on any atom is 0.211 e. The van der Waals surface area contributed by atoms with Crippen LogP contribution in [0.1, 0.15) is 25.1 Å². The lowest BCUT2D eigenvalue weighted by molar-refractivity contribution is 0.387. The molecule has 23 heavy (non-hydrogen) atoms. The minimum atomic E-state index is -3.10. The second kappa shape index (κ2) is 6.60. The molecule has 128 valence electrons. The van der Waals surface area contributed by atoms with Crippen LogP contribution in [0.25, 0.3) is 0 Å². The normalized spacial score (nSPS) is 20.8. The minimum absolute atomic E-state index is 0.515. The largest absolute Gasteiger partial charge is 0.356 e. The number of sulfonamides is 1. The first-order chi connectivity index (χ1) is 10.9. The van der Waals surface area contributed by atoms with Gasteiger partial charge in [0.1, 0.15) is 17.5 Å². The molecule has 2 fully saturated rings. The van der Waals surface area contributed by atoms with E-state index in [1.807, 2.05) is 6.92 Å². The molecule has 3 heterocycles. The molecule has 2 saturated heterocycles. The quantitative estimate of drug-likeness (QED) is 0.813. The Kier molecular flexibility index (Phi) is 4.72. The number of nitrogens with zero attached hydrogens (tertiary/aromatic N) is 5. The molecular weight excluding hydrogens is 314 g/mol. The van der Waals surface area contributed by atoms with Gasteiger partial charge in [-0.3, -0.25) is 0 Å². The summed E-state index contributed by atoms with van der Waals surface area (Å²) in [4.78, 5) is 13.6. The third-order valence-corrected chi connectivity index (χ3v) is 5.83. The molecular formula is C15H25N5O2S. The van der Waals surface area contributed by atoms with Crippen LogP contribution in [0.5, 0.6) is 0 Å². The average molecular weight is 339 g/mol. The number of aryl methyl sites for hydroxylation is 1. The van der Waals surface area contributed by atoms with E-state index in [1.54, 1.807) is 0 Å². The highest BCUT2D eigenvalue weighted by atomic mass is 32.2. The lowest BCUT2D eigenvalue weighted by atomic mass is 10.1. The summed E-state index contributed by atoms with van der Waals surface area (Å²) in [5, 5.41) is 0. The smallest absolute Gasteiger partial charge is 0.211 e. The zero-order valence-electron chi connectivity index (χ0n) is 13.9. The summed E-state index contributed by atoms with van der Waals surface area (Å²) < 4.78 is 24.8. The molecule has 0 unspecified atom stereocenters. The van der Waals surface area contributed by atoms with E-state index in [0.29, 0.717) is 26.2 Å². The van der Waals surface area contributed by atoms with E-state index in [1.165, 1.54) is 29.8 Å². The van der Waals surface area contributed by atoms with Crippen LogP contribution in [-0.4, -0.2) is 68.2 Å². The second-order valence-corrected chi connectivity index (χ2v) is 8.31. The van der Waals surface area contributed by atoms with Gasteiger partial charge in [0.2, 0.25) is 10.0 Å². The van der Waals surface area contributed by atoms with E-state index in [0.717, 1.165) is 30.5 Å². The van der Waals surface area contributed by atoms with Crippen LogP contribution in [0.4, 0.5) is 11.6 Å². The van der Waals surface area contributed by atoms with Gasteiger partial charge in [0.15, 0.2) is 0 Å². The molecule has 0 spiro atoms. The summed E-state index contributed by atoms with van der Waals surface area (Å²) in [6.45, 7) is 6.40. The van der Waals surface area contributed by atoms with Gasteiger partial charge in [-0.25, -0.2) is 18.4 Å². The van der Waals surface area contributed by atoms with E-state index in [4.69, 9.17) is 0 Å². The van der Waals surface area contributed by atoms with Crippen molar-refractivity contribution in [2.45, 2.75) is 26.2 Å². The number of hydrogen-bond donors (Lipinski definition) is 0. The predicted molar refractivity (Wildman–Crippen MR) is 91.5 cm³/mol. The highest BCUT2D eigenvalue weighted by molar-refractivity contribution is 7.88. The van der Waals surface area contributed by atoms with Crippen molar-refractivity contribution in [1.82, 2.24) is 14.3 Å². The molecule has 0 saturated carbocycles. The van der Waals surface area contributed by atoms with Crippen LogP contribution in [-0.2, 0) is 10.0 Å². The van der Waals surface area contributed by atoms with Crippen molar-refractivity contribution in [3.63, 3.8) is 0 Å². The fourth-order valence-corrected chi connectivity index (χ4v) is 4.06. The van der Waals surface area contributed by atoms with Crippen LogP contribution >= 0.6 is 0 Å². The number of piperazine rings is 1. The molecule has 1 aromatic heterocycles. The Hall–Kier alpha value is -1.41. The van der Waals surface area contributed by atoms with Gasteiger partial charge in [0.25, 0.3) is 0 Å². The van der Waals surface area contributed by atoms with Gasteiger partial charge >= 0.3 is 0 Å². The SMILES string of the molecule is Cc1nc(N2CCCCC2)cc(N2CCN(S(C)(=O)=O)CC2)n1. The molecule has 0 amide bonds. The van der Waals surface area contributed by atoms with Gasteiger partial charge in [-0.05, 0) is 26.2 Å². The molecule has 0 atom stereocenters. The fourth-order valence-electron chi connectivity index (χ4n) is 3.23. The number of piperidine rings is 1. The van der Waals surface area contributed by atoms with Crippen LogP contribution in [0.3, 0.4) is 0 Å². The average Bonchev–Trinajstić information content (AvgIpc) is 2.54. The van der Waals surface area contributed by atoms with Gasteiger partial charge < -0.3 is 9.80 Å². The van der Waals surface area contributed by atoms with Crippen molar-refractivity contribution >= 4 is 21.7 Å². The Morgan fingerprint density at radius 3 is 1.91 bits per heavy atom. The van der Waals surface area contributed by atoms with Crippen molar-refractivity contribution in [3.05, 3.63) is 11.9 Å². The Balaban J connectivity index is 1.74. The molecule has 2 aliphatic rings. The molecule has 7 nitrogen and oxygen atoms in total. The predicted octanol–water partition coefficient (Wildman–Crippen LogP) is 0.857. The molecule has 0 N–H and O–H groups in total. The highest BCUT2D eigenvalue weighted by Crippen LogP contribution is 2.23. The number of aromatic nitrogens is 2. The molecule has 0 bridgehead atoms. The van der Waals surface area contributed by atoms with Gasteiger partial charge in [-0.2, -0.15) is 4.31 Å². The lowest BCUT2D eigenvalue weighted by Crippen LogP contribution is -2.48. The highest BCUT2D eigenvalue weighted by Gasteiger charge is 2.25. The zero-order chi connectivity index (χ0) is 16.4. The van der Waals surface area contributed by atoms with Gasteiger partial charge in [-0.1, -0.05) is 0 Å². The molecule has 0 aliphatic carbocycles. The fraction of sp³-hybridized carbons (Fsp3) is 0.733. The Morgan fingerprint density at radius 2 is 1.39 bits per heavy atom. The van der Waals surface area contributed by atoms with E-state index in [2.05, 4.69) is 25.8 Å². The van der Waals surface area contributed by atoms with Gasteiger partial charge in [0.05, 0.1) is 6.26 Å². The zero-order valence-corrected chi connectivity index (χ0v) is 14.7. The van der Waals surface area contributed by atoms with Crippen LogP contribution < -0.4 is 9.80 Å². The standard InChI is InChI=1S/C15H25N5O2S/c1-13-16-14(18-6-4-3-5-7-18)12-15(17-13)19-8-10-20(11-9-19)23(2,21)22/h12H,3-11H2,1-2H3. The maximum atomic E-state index is 11.6. The first-order valence-electron chi connectivity index (χ1n) is 8.24. The Morgan fingerprint density at radius 1 is 0.870 bits per heavy atom. The summed E-state index contributed by atoms with van der Waals surface area (Å²) in [5.41, 5.74) is 0. The molecule has 1 aromatic rings. The van der Waals surface area contributed by atoms with E-state index >= 15 is 0 Å². The summed E-state index contributed by atoms with van der Waals surface area (Å²) in [5.74, 6) is 2.68. The first kappa shape index (κ1) is 16.4. The van der Waals surface area contributed by atoms with E-state index in [-0.39, 0.29) is 0 Å². The van der Waals surface area contributed by atoms with Crippen LogP contribution in [0.15, 0.2) is 6.07 Å². The van der Waals surface area contributed by atoms with Crippen molar-refractivity contribution in [2.24, 2.45) is 0 Å². The van der Waals surface area contributed by atoms with Crippen LogP contribution in [0.2, 0.25) is 0 Å².